The fourth-order valence-corrected chi connectivity index (χ4v) is 1.11. The predicted octanol–water partition coefficient (Wildman–Crippen LogP) is 0.141. The molecule has 0 aliphatic carbocycles. The second-order valence-corrected chi connectivity index (χ2v) is 3.75. The van der Waals surface area contributed by atoms with Crippen molar-refractivity contribution in [2.75, 3.05) is 7.11 Å². The second-order valence-electron chi connectivity index (χ2n) is 3.75. The van der Waals surface area contributed by atoms with Gasteiger partial charge in [-0.3, -0.25) is 4.79 Å². The molecule has 0 bridgehead atoms. The quantitative estimate of drug-likeness (QED) is 0.533. The van der Waals surface area contributed by atoms with Crippen LogP contribution in [0.1, 0.15) is 20.3 Å². The van der Waals surface area contributed by atoms with Crippen molar-refractivity contribution in [3.63, 3.8) is 0 Å². The van der Waals surface area contributed by atoms with Crippen LogP contribution in [0.2, 0.25) is 0 Å². The molecule has 1 amide bonds. The van der Waals surface area contributed by atoms with E-state index in [4.69, 9.17) is 10.1 Å². The summed E-state index contributed by atoms with van der Waals surface area (Å²) in [6.07, 6.45) is 0.463. The van der Waals surface area contributed by atoms with Crippen molar-refractivity contribution < 1.29 is 14.5 Å². The van der Waals surface area contributed by atoms with Crippen LogP contribution in [0.25, 0.3) is 0 Å². The average Bonchev–Trinajstić information content (AvgIpc) is 2.54. The molecular weight excluding hydrogens is 212 g/mol. The summed E-state index contributed by atoms with van der Waals surface area (Å²) in [5.74, 6) is -0.293. The van der Waals surface area contributed by atoms with Gasteiger partial charge in [0.05, 0.1) is 6.42 Å². The summed E-state index contributed by atoms with van der Waals surface area (Å²) in [4.78, 5) is 20.9. The molecular formula is C9H12N4O3. The summed E-state index contributed by atoms with van der Waals surface area (Å²) in [6.45, 7) is 3.67. The molecule has 1 rings (SSSR count). The summed E-state index contributed by atoms with van der Waals surface area (Å²) in [6, 6.07) is 1.61. The van der Waals surface area contributed by atoms with E-state index in [0.29, 0.717) is 12.3 Å². The minimum Gasteiger partial charge on any atom is -0.398 e. The van der Waals surface area contributed by atoms with Gasteiger partial charge in [0, 0.05) is 0 Å². The minimum atomic E-state index is -0.663. The first kappa shape index (κ1) is 12.0. The number of oxime groups is 2. The molecule has 1 heterocycles. The number of nitriles is 1. The highest BCUT2D eigenvalue weighted by Crippen LogP contribution is 2.20. The van der Waals surface area contributed by atoms with Crippen molar-refractivity contribution in [1.29, 1.82) is 5.26 Å². The van der Waals surface area contributed by atoms with Gasteiger partial charge in [0.15, 0.2) is 5.84 Å². The lowest BCUT2D eigenvalue weighted by Gasteiger charge is -2.12. The molecule has 0 atom stereocenters. The van der Waals surface area contributed by atoms with E-state index >= 15 is 0 Å². The SMILES string of the molecule is CO/N=C(\C#N)C(=O)NC1=NOC(C)(C)C1. The first-order chi connectivity index (χ1) is 7.48. The van der Waals surface area contributed by atoms with Crippen LogP contribution in [0.15, 0.2) is 10.3 Å². The summed E-state index contributed by atoms with van der Waals surface area (Å²) in [5.41, 5.74) is -0.803. The smallest absolute Gasteiger partial charge is 0.289 e. The zero-order valence-electron chi connectivity index (χ0n) is 9.27. The van der Waals surface area contributed by atoms with Crippen LogP contribution in [-0.2, 0) is 14.5 Å². The molecule has 0 fully saturated rings. The number of nitrogens with one attached hydrogen (secondary N) is 1. The van der Waals surface area contributed by atoms with Crippen LogP contribution in [0.5, 0.6) is 0 Å². The molecule has 1 N–H and O–H groups in total. The van der Waals surface area contributed by atoms with Crippen LogP contribution >= 0.6 is 0 Å². The van der Waals surface area contributed by atoms with Crippen LogP contribution in [0.4, 0.5) is 0 Å². The molecule has 0 saturated heterocycles. The summed E-state index contributed by atoms with van der Waals surface area (Å²) in [7, 11) is 1.25. The van der Waals surface area contributed by atoms with Crippen LogP contribution in [0.3, 0.4) is 0 Å². The van der Waals surface area contributed by atoms with Crippen molar-refractivity contribution in [2.45, 2.75) is 25.9 Å². The predicted molar refractivity (Wildman–Crippen MR) is 55.4 cm³/mol. The largest absolute Gasteiger partial charge is 0.398 e. The zero-order chi connectivity index (χ0) is 12.2. The van der Waals surface area contributed by atoms with Gasteiger partial charge in [0.1, 0.15) is 18.8 Å². The molecule has 16 heavy (non-hydrogen) atoms. The maximum atomic E-state index is 11.5. The summed E-state index contributed by atoms with van der Waals surface area (Å²) >= 11 is 0. The Hall–Kier alpha value is -2.10. The third kappa shape index (κ3) is 2.95. The number of hydrogen-bond acceptors (Lipinski definition) is 6. The van der Waals surface area contributed by atoms with Gasteiger partial charge in [-0.05, 0) is 13.8 Å². The molecule has 0 saturated carbocycles. The van der Waals surface area contributed by atoms with Crippen molar-refractivity contribution >= 4 is 17.5 Å². The maximum Gasteiger partial charge on any atom is 0.289 e. The van der Waals surface area contributed by atoms with E-state index in [0.717, 1.165) is 0 Å². The zero-order valence-corrected chi connectivity index (χ0v) is 9.27. The number of amidine groups is 1. The normalized spacial score (nSPS) is 18.1. The van der Waals surface area contributed by atoms with Gasteiger partial charge in [0.2, 0.25) is 5.71 Å². The first-order valence-electron chi connectivity index (χ1n) is 4.56. The minimum absolute atomic E-state index is 0.366. The lowest BCUT2D eigenvalue weighted by Crippen LogP contribution is -2.36. The number of amides is 1. The van der Waals surface area contributed by atoms with E-state index in [-0.39, 0.29) is 5.71 Å². The van der Waals surface area contributed by atoms with Gasteiger partial charge in [-0.25, -0.2) is 0 Å². The third-order valence-corrected chi connectivity index (χ3v) is 1.76. The van der Waals surface area contributed by atoms with Gasteiger partial charge in [-0.2, -0.15) is 5.26 Å². The van der Waals surface area contributed by atoms with Gasteiger partial charge >= 0.3 is 0 Å². The van der Waals surface area contributed by atoms with Crippen molar-refractivity contribution in [3.8, 4) is 6.07 Å². The van der Waals surface area contributed by atoms with Gasteiger partial charge in [-0.15, -0.1) is 0 Å². The Balaban J connectivity index is 2.60. The number of carbonyl (C=O) groups excluding carboxylic acids is 1. The molecule has 0 aromatic carbocycles. The number of nitrogens with zero attached hydrogens (tertiary/aromatic N) is 3. The van der Waals surface area contributed by atoms with Gasteiger partial charge in [0.25, 0.3) is 5.91 Å². The van der Waals surface area contributed by atoms with E-state index < -0.39 is 11.5 Å². The molecule has 86 valence electrons. The molecule has 0 radical (unpaired) electrons. The Bertz CT molecular complexity index is 392. The number of rotatable bonds is 2. The molecule has 0 aromatic rings. The maximum absolute atomic E-state index is 11.5. The molecule has 1 aliphatic heterocycles. The van der Waals surface area contributed by atoms with Gasteiger partial charge in [-0.1, -0.05) is 10.3 Å². The fourth-order valence-electron chi connectivity index (χ4n) is 1.11. The van der Waals surface area contributed by atoms with Crippen LogP contribution in [0, 0.1) is 11.3 Å². The third-order valence-electron chi connectivity index (χ3n) is 1.76. The monoisotopic (exact) mass is 224 g/mol. The molecule has 1 aliphatic rings. The Kier molecular flexibility index (Phi) is 3.45. The van der Waals surface area contributed by atoms with Crippen molar-refractivity contribution in [3.05, 3.63) is 0 Å². The summed E-state index contributed by atoms with van der Waals surface area (Å²) < 4.78 is 0. The number of hydrogen-bond donors (Lipinski definition) is 1. The average molecular weight is 224 g/mol. The Morgan fingerprint density at radius 3 is 2.88 bits per heavy atom. The van der Waals surface area contributed by atoms with E-state index in [1.54, 1.807) is 6.07 Å². The molecule has 0 unspecified atom stereocenters. The molecule has 0 aromatic heterocycles. The molecule has 7 nitrogen and oxygen atoms in total. The number of carbonyl (C=O) groups is 1. The fraction of sp³-hybridized carbons (Fsp3) is 0.556. The highest BCUT2D eigenvalue weighted by Gasteiger charge is 2.30. The van der Waals surface area contributed by atoms with Crippen LogP contribution < -0.4 is 5.32 Å². The first-order valence-corrected chi connectivity index (χ1v) is 4.56. The van der Waals surface area contributed by atoms with E-state index in [2.05, 4.69) is 20.5 Å². The second kappa shape index (κ2) is 4.61. The molecule has 7 heteroatoms. The standard InChI is InChI=1S/C9H12N4O3/c1-9(2)4-7(13-16-9)11-8(14)6(5-10)12-15-3/h4H2,1-3H3,(H,11,13,14)/b12-6+. The van der Waals surface area contributed by atoms with E-state index in [1.807, 2.05) is 13.8 Å². The van der Waals surface area contributed by atoms with E-state index in [9.17, 15) is 4.79 Å². The molecule has 0 spiro atoms. The Morgan fingerprint density at radius 2 is 2.44 bits per heavy atom. The lowest BCUT2D eigenvalue weighted by atomic mass is 10.1. The topological polar surface area (TPSA) is 96.1 Å². The Labute approximate surface area is 92.7 Å². The van der Waals surface area contributed by atoms with E-state index in [1.165, 1.54) is 7.11 Å². The highest BCUT2D eigenvalue weighted by molar-refractivity contribution is 6.47. The summed E-state index contributed by atoms with van der Waals surface area (Å²) in [5, 5.41) is 18.0. The van der Waals surface area contributed by atoms with Crippen molar-refractivity contribution in [1.82, 2.24) is 5.32 Å². The lowest BCUT2D eigenvalue weighted by molar-refractivity contribution is -0.113. The highest BCUT2D eigenvalue weighted by atomic mass is 16.7. The Morgan fingerprint density at radius 1 is 1.75 bits per heavy atom. The van der Waals surface area contributed by atoms with Gasteiger partial charge < -0.3 is 15.0 Å². The van der Waals surface area contributed by atoms with Crippen LogP contribution in [-0.4, -0.2) is 30.2 Å². The van der Waals surface area contributed by atoms with Crippen molar-refractivity contribution in [2.24, 2.45) is 10.3 Å².